The summed E-state index contributed by atoms with van der Waals surface area (Å²) in [6, 6.07) is -3.35. The summed E-state index contributed by atoms with van der Waals surface area (Å²) in [6.07, 6.45) is 3.78. The van der Waals surface area contributed by atoms with Gasteiger partial charge in [-0.05, 0) is 64.5 Å². The van der Waals surface area contributed by atoms with Crippen LogP contribution in [0.25, 0.3) is 0 Å². The average Bonchev–Trinajstić information content (AvgIpc) is 3.47. The number of nitrogens with one attached hydrogen (secondary N) is 3. The van der Waals surface area contributed by atoms with Gasteiger partial charge in [-0.15, -0.1) is 0 Å². The molecule has 0 saturated carbocycles. The Balaban J connectivity index is 2.12. The van der Waals surface area contributed by atoms with Crippen molar-refractivity contribution in [2.24, 2.45) is 11.5 Å². The van der Waals surface area contributed by atoms with Crippen LogP contribution in [0.4, 0.5) is 0 Å². The number of nitrogens with two attached hydrogens (primary N) is 2. The Morgan fingerprint density at radius 3 is 2.39 bits per heavy atom. The van der Waals surface area contributed by atoms with Gasteiger partial charge in [0.05, 0.1) is 6.04 Å². The number of rotatable bonds is 13. The highest BCUT2D eigenvalue weighted by molar-refractivity contribution is 5.94. The molecule has 2 heterocycles. The normalized spacial score (nSPS) is 21.9. The van der Waals surface area contributed by atoms with E-state index < -0.39 is 41.8 Å². The molecule has 4 unspecified atom stereocenters. The van der Waals surface area contributed by atoms with E-state index in [1.807, 2.05) is 0 Å². The molecule has 0 radical (unpaired) electrons. The fraction of sp³-hybridized carbons (Fsp3) is 0.762. The number of likely N-dealkylation sites (tertiary alicyclic amines) is 1. The first kappa shape index (κ1) is 26.5. The molecule has 4 atom stereocenters. The molecule has 33 heavy (non-hydrogen) atoms. The molecular formula is C21H36N6O6. The standard InChI is InChI=1S/C21H36N6O6/c22-10-2-1-5-14(25-18(29)13-6-3-11-24-13)19(30)26-15(8-9-17(23)28)20(31)27-12-4-7-16(27)21(32)33/h13-16,24H,1-12,22H2,(H2,23,28)(H,25,29)(H,26,30)(H,32,33). The first-order chi connectivity index (χ1) is 15.7. The summed E-state index contributed by atoms with van der Waals surface area (Å²) in [5.41, 5.74) is 10.8. The molecule has 2 rings (SSSR count). The molecule has 0 spiro atoms. The summed E-state index contributed by atoms with van der Waals surface area (Å²) in [5, 5.41) is 17.9. The summed E-state index contributed by atoms with van der Waals surface area (Å²) < 4.78 is 0. The molecule has 0 aliphatic carbocycles. The summed E-state index contributed by atoms with van der Waals surface area (Å²) in [7, 11) is 0. The number of nitrogens with zero attached hydrogens (tertiary/aromatic N) is 1. The largest absolute Gasteiger partial charge is 0.480 e. The molecule has 12 nitrogen and oxygen atoms in total. The van der Waals surface area contributed by atoms with E-state index in [2.05, 4.69) is 16.0 Å². The predicted octanol–water partition coefficient (Wildman–Crippen LogP) is -1.82. The molecule has 0 aromatic rings. The molecule has 0 aromatic carbocycles. The number of carboxylic acid groups (broad SMARTS) is 1. The van der Waals surface area contributed by atoms with E-state index in [1.54, 1.807) is 0 Å². The zero-order valence-electron chi connectivity index (χ0n) is 18.9. The van der Waals surface area contributed by atoms with Crippen LogP contribution in [0.2, 0.25) is 0 Å². The maximum atomic E-state index is 13.1. The minimum Gasteiger partial charge on any atom is -0.480 e. The quantitative estimate of drug-likeness (QED) is 0.170. The fourth-order valence-corrected chi connectivity index (χ4v) is 4.25. The smallest absolute Gasteiger partial charge is 0.326 e. The van der Waals surface area contributed by atoms with E-state index in [4.69, 9.17) is 11.5 Å². The van der Waals surface area contributed by atoms with Crippen LogP contribution in [0.15, 0.2) is 0 Å². The summed E-state index contributed by atoms with van der Waals surface area (Å²) in [4.78, 5) is 62.8. The molecular weight excluding hydrogens is 432 g/mol. The lowest BCUT2D eigenvalue weighted by molar-refractivity contribution is -0.149. The average molecular weight is 469 g/mol. The molecule has 0 aromatic heterocycles. The van der Waals surface area contributed by atoms with Crippen molar-refractivity contribution < 1.29 is 29.1 Å². The van der Waals surface area contributed by atoms with Crippen LogP contribution in [-0.2, 0) is 24.0 Å². The Morgan fingerprint density at radius 2 is 1.79 bits per heavy atom. The number of unbranched alkanes of at least 4 members (excludes halogenated alkanes) is 1. The number of carboxylic acids is 1. The molecule has 2 fully saturated rings. The second kappa shape index (κ2) is 13.1. The van der Waals surface area contributed by atoms with Gasteiger partial charge >= 0.3 is 5.97 Å². The lowest BCUT2D eigenvalue weighted by atomic mass is 10.0. The zero-order chi connectivity index (χ0) is 24.4. The van der Waals surface area contributed by atoms with Gasteiger partial charge in [-0.3, -0.25) is 19.2 Å². The molecule has 0 bridgehead atoms. The molecule has 2 aliphatic heterocycles. The highest BCUT2D eigenvalue weighted by Gasteiger charge is 2.38. The number of amides is 4. The van der Waals surface area contributed by atoms with Crippen LogP contribution in [0.5, 0.6) is 0 Å². The van der Waals surface area contributed by atoms with E-state index in [0.717, 1.165) is 13.0 Å². The Hall–Kier alpha value is -2.73. The number of hydrogen-bond donors (Lipinski definition) is 6. The summed E-state index contributed by atoms with van der Waals surface area (Å²) in [6.45, 7) is 1.42. The van der Waals surface area contributed by atoms with Crippen LogP contribution in [0.3, 0.4) is 0 Å². The van der Waals surface area contributed by atoms with Crippen LogP contribution < -0.4 is 27.4 Å². The SMILES string of the molecule is NCCCCC(NC(=O)C1CCCN1)C(=O)NC(CCC(N)=O)C(=O)N1CCCC1C(=O)O. The highest BCUT2D eigenvalue weighted by atomic mass is 16.4. The van der Waals surface area contributed by atoms with Gasteiger partial charge in [0.1, 0.15) is 18.1 Å². The number of primary amides is 1. The van der Waals surface area contributed by atoms with Crippen LogP contribution >= 0.6 is 0 Å². The van der Waals surface area contributed by atoms with Gasteiger partial charge in [-0.2, -0.15) is 0 Å². The lowest BCUT2D eigenvalue weighted by Gasteiger charge is -2.29. The highest BCUT2D eigenvalue weighted by Crippen LogP contribution is 2.20. The summed E-state index contributed by atoms with van der Waals surface area (Å²) >= 11 is 0. The van der Waals surface area contributed by atoms with Crippen molar-refractivity contribution in [1.29, 1.82) is 0 Å². The van der Waals surface area contributed by atoms with Crippen molar-refractivity contribution in [3.63, 3.8) is 0 Å². The minimum atomic E-state index is -1.12. The van der Waals surface area contributed by atoms with Gasteiger partial charge in [0, 0.05) is 13.0 Å². The predicted molar refractivity (Wildman–Crippen MR) is 119 cm³/mol. The third kappa shape index (κ3) is 7.97. The topological polar surface area (TPSA) is 197 Å². The van der Waals surface area contributed by atoms with Crippen molar-refractivity contribution >= 4 is 29.6 Å². The van der Waals surface area contributed by atoms with Gasteiger partial charge in [0.25, 0.3) is 0 Å². The first-order valence-corrected chi connectivity index (χ1v) is 11.6. The number of aliphatic carboxylic acids is 1. The number of carbonyl (C=O) groups excluding carboxylic acids is 4. The van der Waals surface area contributed by atoms with Crippen LogP contribution in [0, 0.1) is 0 Å². The van der Waals surface area contributed by atoms with Crippen molar-refractivity contribution in [1.82, 2.24) is 20.9 Å². The van der Waals surface area contributed by atoms with E-state index in [1.165, 1.54) is 4.90 Å². The Morgan fingerprint density at radius 1 is 1.03 bits per heavy atom. The fourth-order valence-electron chi connectivity index (χ4n) is 4.25. The molecule has 186 valence electrons. The second-order valence-corrected chi connectivity index (χ2v) is 8.59. The van der Waals surface area contributed by atoms with Crippen molar-refractivity contribution in [2.75, 3.05) is 19.6 Å². The first-order valence-electron chi connectivity index (χ1n) is 11.6. The number of carbonyl (C=O) groups is 5. The lowest BCUT2D eigenvalue weighted by Crippen LogP contribution is -2.57. The monoisotopic (exact) mass is 468 g/mol. The molecule has 8 N–H and O–H groups in total. The van der Waals surface area contributed by atoms with E-state index >= 15 is 0 Å². The molecule has 2 saturated heterocycles. The summed E-state index contributed by atoms with van der Waals surface area (Å²) in [5.74, 6) is -3.17. The van der Waals surface area contributed by atoms with Gasteiger partial charge in [0.2, 0.25) is 23.6 Å². The van der Waals surface area contributed by atoms with Crippen molar-refractivity contribution in [3.8, 4) is 0 Å². The van der Waals surface area contributed by atoms with Gasteiger partial charge < -0.3 is 37.4 Å². The maximum absolute atomic E-state index is 13.1. The second-order valence-electron chi connectivity index (χ2n) is 8.59. The minimum absolute atomic E-state index is 0.0591. The third-order valence-corrected chi connectivity index (χ3v) is 6.07. The molecule has 4 amide bonds. The number of hydrogen-bond acceptors (Lipinski definition) is 7. The van der Waals surface area contributed by atoms with Crippen molar-refractivity contribution in [3.05, 3.63) is 0 Å². The zero-order valence-corrected chi connectivity index (χ0v) is 18.9. The third-order valence-electron chi connectivity index (χ3n) is 6.07. The Kier molecular flexibility index (Phi) is 10.5. The van der Waals surface area contributed by atoms with Gasteiger partial charge in [-0.25, -0.2) is 4.79 Å². The van der Waals surface area contributed by atoms with E-state index in [9.17, 15) is 29.1 Å². The molecule has 12 heteroatoms. The van der Waals surface area contributed by atoms with Crippen molar-refractivity contribution in [2.45, 2.75) is 82.0 Å². The van der Waals surface area contributed by atoms with E-state index in [0.29, 0.717) is 45.1 Å². The van der Waals surface area contributed by atoms with Crippen LogP contribution in [0.1, 0.15) is 57.8 Å². The Bertz CT molecular complexity index is 726. The van der Waals surface area contributed by atoms with E-state index in [-0.39, 0.29) is 31.3 Å². The molecule has 2 aliphatic rings. The Labute approximate surface area is 193 Å². The van der Waals surface area contributed by atoms with Crippen LogP contribution in [-0.4, -0.2) is 83.4 Å². The van der Waals surface area contributed by atoms with Gasteiger partial charge in [0.15, 0.2) is 0 Å². The maximum Gasteiger partial charge on any atom is 0.326 e. The van der Waals surface area contributed by atoms with Gasteiger partial charge in [-0.1, -0.05) is 0 Å².